The summed E-state index contributed by atoms with van der Waals surface area (Å²) in [5, 5.41) is 5.30. The fourth-order valence-corrected chi connectivity index (χ4v) is 4.57. The summed E-state index contributed by atoms with van der Waals surface area (Å²) in [5.74, 6) is 0.250. The number of carbonyl (C=O) groups is 2. The van der Waals surface area contributed by atoms with Crippen molar-refractivity contribution in [3.05, 3.63) is 75.3 Å². The summed E-state index contributed by atoms with van der Waals surface area (Å²) in [6, 6.07) is 13.1. The van der Waals surface area contributed by atoms with Crippen LogP contribution in [-0.4, -0.2) is 22.4 Å². The Hall–Kier alpha value is -2.15. The average Bonchev–Trinajstić information content (AvgIpc) is 3.16. The summed E-state index contributed by atoms with van der Waals surface area (Å²) in [5.41, 5.74) is 4.26. The lowest BCUT2D eigenvalue weighted by molar-refractivity contribution is -0.115. The lowest BCUT2D eigenvalue weighted by atomic mass is 10.1. The maximum absolute atomic E-state index is 12.3. The molecule has 0 bridgehead atoms. The number of rotatable bonds is 8. The van der Waals surface area contributed by atoms with Gasteiger partial charge in [-0.05, 0) is 36.6 Å². The highest BCUT2D eigenvalue weighted by atomic mass is 35.5. The van der Waals surface area contributed by atoms with Crippen LogP contribution in [0.3, 0.4) is 0 Å². The number of hydrogen-bond acceptors (Lipinski definition) is 5. The molecule has 1 N–H and O–H groups in total. The Balaban J connectivity index is 1.52. The molecular formula is C22H21ClN2O2S2. The molecule has 0 aliphatic rings. The number of anilines is 1. The minimum Gasteiger partial charge on any atom is -0.325 e. The maximum atomic E-state index is 12.3. The van der Waals surface area contributed by atoms with Crippen LogP contribution in [0.5, 0.6) is 0 Å². The van der Waals surface area contributed by atoms with Gasteiger partial charge in [0.1, 0.15) is 0 Å². The third-order valence-corrected chi connectivity index (χ3v) is 6.66. The van der Waals surface area contributed by atoms with Gasteiger partial charge < -0.3 is 5.32 Å². The van der Waals surface area contributed by atoms with Gasteiger partial charge in [-0.25, -0.2) is 4.98 Å². The standard InChI is InChI=1S/C22H21ClN2O2S2/c1-3-15-5-7-16(8-6-15)20(26)13-29-22-24-18(12-28-22)11-21(27)25-19-10-17(23)9-4-14(19)2/h4-10,12H,3,11,13H2,1-2H3,(H,25,27). The zero-order valence-electron chi connectivity index (χ0n) is 16.2. The van der Waals surface area contributed by atoms with Crippen molar-refractivity contribution >= 4 is 52.1 Å². The zero-order chi connectivity index (χ0) is 20.8. The van der Waals surface area contributed by atoms with Crippen LogP contribution in [0.1, 0.15) is 34.1 Å². The van der Waals surface area contributed by atoms with E-state index in [9.17, 15) is 9.59 Å². The molecule has 3 rings (SSSR count). The summed E-state index contributed by atoms with van der Waals surface area (Å²) in [6.45, 7) is 4.00. The number of thioether (sulfide) groups is 1. The van der Waals surface area contributed by atoms with E-state index in [1.54, 1.807) is 12.1 Å². The van der Waals surface area contributed by atoms with E-state index in [-0.39, 0.29) is 18.1 Å². The van der Waals surface area contributed by atoms with Gasteiger partial charge in [0.2, 0.25) is 5.91 Å². The van der Waals surface area contributed by atoms with Crippen molar-refractivity contribution < 1.29 is 9.59 Å². The van der Waals surface area contributed by atoms with Crippen LogP contribution in [0.4, 0.5) is 5.69 Å². The summed E-state index contributed by atoms with van der Waals surface area (Å²) in [4.78, 5) is 29.1. The minimum absolute atomic E-state index is 0.0728. The van der Waals surface area contributed by atoms with Crippen molar-refractivity contribution in [2.24, 2.45) is 0 Å². The van der Waals surface area contributed by atoms with Gasteiger partial charge in [0.05, 0.1) is 17.9 Å². The molecule has 0 radical (unpaired) electrons. The predicted octanol–water partition coefficient (Wildman–Crippen LogP) is 5.82. The van der Waals surface area contributed by atoms with Crippen molar-refractivity contribution in [3.63, 3.8) is 0 Å². The Labute approximate surface area is 183 Å². The molecule has 0 aliphatic heterocycles. The van der Waals surface area contributed by atoms with Gasteiger partial charge >= 0.3 is 0 Å². The van der Waals surface area contributed by atoms with E-state index in [1.807, 2.05) is 42.6 Å². The number of thiazole rings is 1. The number of hydrogen-bond donors (Lipinski definition) is 1. The number of halogens is 1. The molecule has 0 spiro atoms. The molecule has 7 heteroatoms. The minimum atomic E-state index is -0.149. The van der Waals surface area contributed by atoms with Gasteiger partial charge in [0.25, 0.3) is 0 Å². The van der Waals surface area contributed by atoms with Crippen LogP contribution in [0.2, 0.25) is 5.02 Å². The van der Waals surface area contributed by atoms with Crippen LogP contribution >= 0.6 is 34.7 Å². The number of amides is 1. The Morgan fingerprint density at radius 2 is 1.93 bits per heavy atom. The first kappa shape index (κ1) is 21.6. The van der Waals surface area contributed by atoms with Crippen molar-refractivity contribution in [3.8, 4) is 0 Å². The van der Waals surface area contributed by atoms with Gasteiger partial charge in [-0.15, -0.1) is 11.3 Å². The Morgan fingerprint density at radius 3 is 2.66 bits per heavy atom. The van der Waals surface area contributed by atoms with E-state index in [4.69, 9.17) is 11.6 Å². The van der Waals surface area contributed by atoms with Crippen molar-refractivity contribution in [1.29, 1.82) is 0 Å². The van der Waals surface area contributed by atoms with Gasteiger partial charge in [-0.2, -0.15) is 0 Å². The van der Waals surface area contributed by atoms with E-state index < -0.39 is 0 Å². The highest BCUT2D eigenvalue weighted by Gasteiger charge is 2.12. The Morgan fingerprint density at radius 1 is 1.17 bits per heavy atom. The summed E-state index contributed by atoms with van der Waals surface area (Å²) >= 11 is 8.83. The highest BCUT2D eigenvalue weighted by molar-refractivity contribution is 8.01. The molecule has 0 atom stereocenters. The monoisotopic (exact) mass is 444 g/mol. The first-order chi connectivity index (χ1) is 13.9. The molecule has 0 saturated heterocycles. The molecule has 0 fully saturated rings. The smallest absolute Gasteiger partial charge is 0.230 e. The van der Waals surface area contributed by atoms with Crippen LogP contribution in [0, 0.1) is 6.92 Å². The number of ketones is 1. The summed E-state index contributed by atoms with van der Waals surface area (Å²) in [6.07, 6.45) is 1.13. The summed E-state index contributed by atoms with van der Waals surface area (Å²) in [7, 11) is 0. The first-order valence-electron chi connectivity index (χ1n) is 9.20. The second-order valence-corrected chi connectivity index (χ2v) is 9.07. The number of aryl methyl sites for hydroxylation is 2. The molecule has 0 unspecified atom stereocenters. The average molecular weight is 445 g/mol. The fraction of sp³-hybridized carbons (Fsp3) is 0.227. The Kier molecular flexibility index (Phi) is 7.47. The molecule has 1 aromatic heterocycles. The number of aromatic nitrogens is 1. The number of benzene rings is 2. The molecule has 0 saturated carbocycles. The van der Waals surface area contributed by atoms with E-state index in [0.29, 0.717) is 27.7 Å². The predicted molar refractivity (Wildman–Crippen MR) is 122 cm³/mol. The fourth-order valence-electron chi connectivity index (χ4n) is 2.66. The maximum Gasteiger partial charge on any atom is 0.230 e. The van der Waals surface area contributed by atoms with Gasteiger partial charge in [0, 0.05) is 21.7 Å². The molecule has 1 heterocycles. The molecule has 0 aliphatic carbocycles. The second kappa shape index (κ2) is 10.1. The normalized spacial score (nSPS) is 10.7. The third-order valence-electron chi connectivity index (χ3n) is 4.36. The van der Waals surface area contributed by atoms with E-state index in [1.165, 1.54) is 28.7 Å². The quantitative estimate of drug-likeness (QED) is 0.351. The van der Waals surface area contributed by atoms with Crippen LogP contribution < -0.4 is 5.32 Å². The lowest BCUT2D eigenvalue weighted by Crippen LogP contribution is -2.15. The number of nitrogens with one attached hydrogen (secondary N) is 1. The lowest BCUT2D eigenvalue weighted by Gasteiger charge is -2.08. The zero-order valence-corrected chi connectivity index (χ0v) is 18.6. The van der Waals surface area contributed by atoms with Crippen LogP contribution in [-0.2, 0) is 17.6 Å². The molecule has 2 aromatic carbocycles. The van der Waals surface area contributed by atoms with Crippen LogP contribution in [0.15, 0.2) is 52.2 Å². The molecule has 150 valence electrons. The molecular weight excluding hydrogens is 424 g/mol. The topological polar surface area (TPSA) is 59.1 Å². The van der Waals surface area contributed by atoms with Crippen molar-refractivity contribution in [1.82, 2.24) is 4.98 Å². The van der Waals surface area contributed by atoms with Crippen molar-refractivity contribution in [2.75, 3.05) is 11.1 Å². The largest absolute Gasteiger partial charge is 0.325 e. The van der Waals surface area contributed by atoms with Crippen LogP contribution in [0.25, 0.3) is 0 Å². The van der Waals surface area contributed by atoms with Gasteiger partial charge in [-0.3, -0.25) is 9.59 Å². The number of carbonyl (C=O) groups excluding carboxylic acids is 2. The molecule has 29 heavy (non-hydrogen) atoms. The van der Waals surface area contributed by atoms with Gasteiger partial charge in [0.15, 0.2) is 10.1 Å². The van der Waals surface area contributed by atoms with Gasteiger partial charge in [-0.1, -0.05) is 60.6 Å². The Bertz CT molecular complexity index is 1020. The molecule has 4 nitrogen and oxygen atoms in total. The SMILES string of the molecule is CCc1ccc(C(=O)CSc2nc(CC(=O)Nc3cc(Cl)ccc3C)cs2)cc1. The third kappa shape index (κ3) is 6.16. The summed E-state index contributed by atoms with van der Waals surface area (Å²) < 4.78 is 0.783. The number of nitrogens with zero attached hydrogens (tertiary/aromatic N) is 1. The second-order valence-electron chi connectivity index (χ2n) is 6.55. The molecule has 3 aromatic rings. The van der Waals surface area contributed by atoms with Crippen molar-refractivity contribution in [2.45, 2.75) is 31.0 Å². The molecule has 1 amide bonds. The number of Topliss-reactive ketones (excluding diaryl/α,β-unsaturated/α-hetero) is 1. The first-order valence-corrected chi connectivity index (χ1v) is 11.4. The van der Waals surface area contributed by atoms with E-state index >= 15 is 0 Å². The highest BCUT2D eigenvalue weighted by Crippen LogP contribution is 2.25. The van der Waals surface area contributed by atoms with E-state index in [2.05, 4.69) is 17.2 Å². The van der Waals surface area contributed by atoms with E-state index in [0.717, 1.165) is 16.3 Å².